The number of allylic oxidation sites excluding steroid dienone is 1. The molecule has 0 bridgehead atoms. The number of hydrogen-bond acceptors (Lipinski definition) is 3. The van der Waals surface area contributed by atoms with Crippen LogP contribution in [0.15, 0.2) is 24.8 Å². The van der Waals surface area contributed by atoms with Crippen LogP contribution in [0.5, 0.6) is 0 Å². The average molecular weight is 183 g/mol. The smallest absolute Gasteiger partial charge is 0.330 e. The summed E-state index contributed by atoms with van der Waals surface area (Å²) in [5.41, 5.74) is 0. The molecule has 0 aliphatic carbocycles. The van der Waals surface area contributed by atoms with Crippen LogP contribution < -0.4 is 5.32 Å². The molecule has 0 aliphatic rings. The van der Waals surface area contributed by atoms with Gasteiger partial charge in [-0.05, 0) is 13.0 Å². The van der Waals surface area contributed by atoms with Crippen LogP contribution >= 0.6 is 0 Å². The fraction of sp³-hybridized carbons (Fsp3) is 0.333. The number of carbonyl (C=O) groups excluding carboxylic acids is 2. The van der Waals surface area contributed by atoms with Crippen molar-refractivity contribution in [3.05, 3.63) is 24.8 Å². The van der Waals surface area contributed by atoms with E-state index in [1.807, 2.05) is 0 Å². The number of carbonyl (C=O) groups is 2. The molecule has 0 radical (unpaired) electrons. The van der Waals surface area contributed by atoms with E-state index in [1.165, 1.54) is 6.08 Å². The van der Waals surface area contributed by atoms with Crippen molar-refractivity contribution in [3.8, 4) is 0 Å². The minimum Gasteiger partial charge on any atom is -0.461 e. The third-order valence-corrected chi connectivity index (χ3v) is 1.13. The Labute approximate surface area is 77.3 Å². The van der Waals surface area contributed by atoms with E-state index in [1.54, 1.807) is 13.0 Å². The summed E-state index contributed by atoms with van der Waals surface area (Å²) in [6.07, 6.45) is 4.06. The van der Waals surface area contributed by atoms with Gasteiger partial charge in [-0.15, -0.1) is 0 Å². The van der Waals surface area contributed by atoms with Gasteiger partial charge in [0.1, 0.15) is 6.61 Å². The Bertz CT molecular complexity index is 221. The fourth-order valence-corrected chi connectivity index (χ4v) is 0.582. The second-order valence-electron chi connectivity index (χ2n) is 2.16. The third-order valence-electron chi connectivity index (χ3n) is 1.13. The summed E-state index contributed by atoms with van der Waals surface area (Å²) in [5.74, 6) is -0.683. The number of rotatable bonds is 5. The van der Waals surface area contributed by atoms with Gasteiger partial charge >= 0.3 is 5.97 Å². The van der Waals surface area contributed by atoms with Crippen LogP contribution in [0.4, 0.5) is 0 Å². The normalized spacial score (nSPS) is 9.62. The quantitative estimate of drug-likeness (QED) is 0.381. The number of ether oxygens (including phenoxy) is 1. The first-order valence-electron chi connectivity index (χ1n) is 3.90. The summed E-state index contributed by atoms with van der Waals surface area (Å²) in [5, 5.41) is 2.47. The molecule has 0 aromatic rings. The van der Waals surface area contributed by atoms with Gasteiger partial charge in [-0.3, -0.25) is 4.79 Å². The van der Waals surface area contributed by atoms with Gasteiger partial charge in [0.25, 0.3) is 0 Å². The molecule has 0 atom stereocenters. The largest absolute Gasteiger partial charge is 0.461 e. The zero-order valence-electron chi connectivity index (χ0n) is 7.58. The molecular weight excluding hydrogens is 170 g/mol. The highest BCUT2D eigenvalue weighted by molar-refractivity contribution is 5.86. The van der Waals surface area contributed by atoms with Gasteiger partial charge in [-0.1, -0.05) is 12.7 Å². The van der Waals surface area contributed by atoms with Crippen LogP contribution in [-0.2, 0) is 14.3 Å². The molecule has 0 aromatic carbocycles. The van der Waals surface area contributed by atoms with Gasteiger partial charge in [-0.2, -0.15) is 0 Å². The van der Waals surface area contributed by atoms with Crippen LogP contribution in [0, 0.1) is 0 Å². The summed E-state index contributed by atoms with van der Waals surface area (Å²) >= 11 is 0. The topological polar surface area (TPSA) is 55.4 Å². The first-order chi connectivity index (χ1) is 6.20. The van der Waals surface area contributed by atoms with E-state index >= 15 is 0 Å². The number of esters is 1. The van der Waals surface area contributed by atoms with E-state index in [2.05, 4.69) is 11.9 Å². The Morgan fingerprint density at radius 2 is 2.23 bits per heavy atom. The molecule has 0 spiro atoms. The molecule has 0 aliphatic heterocycles. The zero-order chi connectivity index (χ0) is 10.1. The van der Waals surface area contributed by atoms with Crippen molar-refractivity contribution in [2.45, 2.75) is 6.92 Å². The van der Waals surface area contributed by atoms with Crippen LogP contribution in [0.25, 0.3) is 0 Å². The van der Waals surface area contributed by atoms with E-state index in [0.717, 1.165) is 6.08 Å². The molecule has 13 heavy (non-hydrogen) atoms. The molecule has 0 fully saturated rings. The van der Waals surface area contributed by atoms with Crippen LogP contribution in [0.1, 0.15) is 6.92 Å². The molecule has 1 N–H and O–H groups in total. The van der Waals surface area contributed by atoms with Gasteiger partial charge in [0.15, 0.2) is 0 Å². The number of amides is 1. The fourth-order valence-electron chi connectivity index (χ4n) is 0.582. The van der Waals surface area contributed by atoms with Crippen molar-refractivity contribution in [1.82, 2.24) is 5.32 Å². The lowest BCUT2D eigenvalue weighted by Gasteiger charge is -2.01. The predicted octanol–water partition coefficient (Wildman–Crippen LogP) is 0.408. The Hall–Kier alpha value is -1.58. The molecule has 0 rings (SSSR count). The van der Waals surface area contributed by atoms with Gasteiger partial charge in [0, 0.05) is 6.08 Å². The third kappa shape index (κ3) is 6.80. The summed E-state index contributed by atoms with van der Waals surface area (Å²) in [6, 6.07) is 0. The summed E-state index contributed by atoms with van der Waals surface area (Å²) in [6.45, 7) is 5.47. The number of hydrogen-bond donors (Lipinski definition) is 1. The Balaban J connectivity index is 3.40. The SMILES string of the molecule is C=CC(=O)NCCOC(=O)C=CC. The maximum absolute atomic E-state index is 10.7. The second-order valence-corrected chi connectivity index (χ2v) is 2.16. The lowest BCUT2D eigenvalue weighted by molar-refractivity contribution is -0.138. The summed E-state index contributed by atoms with van der Waals surface area (Å²) in [4.78, 5) is 21.3. The van der Waals surface area contributed by atoms with Gasteiger partial charge in [-0.25, -0.2) is 4.79 Å². The van der Waals surface area contributed by atoms with Crippen molar-refractivity contribution in [2.75, 3.05) is 13.2 Å². The molecule has 4 nitrogen and oxygen atoms in total. The molecule has 0 unspecified atom stereocenters. The maximum Gasteiger partial charge on any atom is 0.330 e. The minimum absolute atomic E-state index is 0.169. The Morgan fingerprint density at radius 1 is 1.54 bits per heavy atom. The summed E-state index contributed by atoms with van der Waals surface area (Å²) in [7, 11) is 0. The van der Waals surface area contributed by atoms with E-state index in [9.17, 15) is 9.59 Å². The minimum atomic E-state index is -0.407. The van der Waals surface area contributed by atoms with Crippen LogP contribution in [0.2, 0.25) is 0 Å². The molecule has 0 saturated heterocycles. The predicted molar refractivity (Wildman–Crippen MR) is 49.0 cm³/mol. The van der Waals surface area contributed by atoms with Crippen LogP contribution in [0.3, 0.4) is 0 Å². The van der Waals surface area contributed by atoms with Crippen molar-refractivity contribution in [2.24, 2.45) is 0 Å². The first-order valence-corrected chi connectivity index (χ1v) is 3.90. The van der Waals surface area contributed by atoms with Crippen molar-refractivity contribution in [3.63, 3.8) is 0 Å². The van der Waals surface area contributed by atoms with E-state index in [-0.39, 0.29) is 12.5 Å². The maximum atomic E-state index is 10.7. The van der Waals surface area contributed by atoms with Crippen LogP contribution in [-0.4, -0.2) is 25.0 Å². The highest BCUT2D eigenvalue weighted by Gasteiger charge is 1.96. The molecule has 0 saturated carbocycles. The van der Waals surface area contributed by atoms with E-state index < -0.39 is 5.97 Å². The Kier molecular flexibility index (Phi) is 6.23. The van der Waals surface area contributed by atoms with Crippen molar-refractivity contribution < 1.29 is 14.3 Å². The Morgan fingerprint density at radius 3 is 2.77 bits per heavy atom. The van der Waals surface area contributed by atoms with Gasteiger partial charge in [0.05, 0.1) is 6.54 Å². The molecule has 1 amide bonds. The zero-order valence-corrected chi connectivity index (χ0v) is 7.58. The first kappa shape index (κ1) is 11.4. The van der Waals surface area contributed by atoms with Crippen molar-refractivity contribution in [1.29, 1.82) is 0 Å². The van der Waals surface area contributed by atoms with Gasteiger partial charge in [0.2, 0.25) is 5.91 Å². The summed E-state index contributed by atoms with van der Waals surface area (Å²) < 4.78 is 4.70. The molecular formula is C9H13NO3. The lowest BCUT2D eigenvalue weighted by Crippen LogP contribution is -2.25. The average Bonchev–Trinajstić information content (AvgIpc) is 2.12. The molecule has 0 heterocycles. The highest BCUT2D eigenvalue weighted by Crippen LogP contribution is 1.80. The van der Waals surface area contributed by atoms with Crippen molar-refractivity contribution >= 4 is 11.9 Å². The standard InChI is InChI=1S/C9H13NO3/c1-3-5-9(12)13-7-6-10-8(11)4-2/h3-5H,2,6-7H2,1H3,(H,10,11). The highest BCUT2D eigenvalue weighted by atomic mass is 16.5. The molecule has 0 aromatic heterocycles. The number of nitrogens with one attached hydrogen (secondary N) is 1. The lowest BCUT2D eigenvalue weighted by atomic mass is 10.5. The molecule has 4 heteroatoms. The van der Waals surface area contributed by atoms with E-state index in [4.69, 9.17) is 4.74 Å². The van der Waals surface area contributed by atoms with E-state index in [0.29, 0.717) is 6.54 Å². The monoisotopic (exact) mass is 183 g/mol. The molecule has 72 valence electrons. The van der Waals surface area contributed by atoms with Gasteiger partial charge < -0.3 is 10.1 Å². The second kappa shape index (κ2) is 7.09.